The predicted molar refractivity (Wildman–Crippen MR) is 120 cm³/mol. The van der Waals surface area contributed by atoms with Crippen LogP contribution in [0.15, 0.2) is 48.5 Å². The van der Waals surface area contributed by atoms with Crippen molar-refractivity contribution in [3.63, 3.8) is 0 Å². The fraction of sp³-hybridized carbons (Fsp3) is 0.200. The Kier molecular flexibility index (Phi) is 5.53. The van der Waals surface area contributed by atoms with E-state index in [-0.39, 0.29) is 23.6 Å². The molecule has 4 aromatic rings. The minimum atomic E-state index is -0.964. The van der Waals surface area contributed by atoms with Gasteiger partial charge in [0.1, 0.15) is 30.4 Å². The summed E-state index contributed by atoms with van der Waals surface area (Å²) >= 11 is 0. The van der Waals surface area contributed by atoms with Gasteiger partial charge in [-0.2, -0.15) is 0 Å². The predicted octanol–water partition coefficient (Wildman–Crippen LogP) is 4.68. The molecule has 0 bridgehead atoms. The molecule has 1 aliphatic rings. The standard InChI is InChI=1S/C25H21F2N3O4/c1-2-14-10-17(20(32)12-19(14)31)24-25(15-6-7-21-22(11-15)34-9-8-33-21)30(29-28-24)13-16-4-3-5-18(26)23(16)27/h3-7,10-12,31-32H,2,8-9,13H2,1H3. The maximum absolute atomic E-state index is 14.4. The van der Waals surface area contributed by atoms with E-state index in [2.05, 4.69) is 10.3 Å². The number of fused-ring (bicyclic) bond motifs is 1. The monoisotopic (exact) mass is 465 g/mol. The molecule has 1 aromatic heterocycles. The normalized spacial score (nSPS) is 12.7. The first-order valence-electron chi connectivity index (χ1n) is 10.8. The molecule has 3 aromatic carbocycles. The van der Waals surface area contributed by atoms with Crippen molar-refractivity contribution in [2.24, 2.45) is 0 Å². The van der Waals surface area contributed by atoms with Gasteiger partial charge in [0, 0.05) is 22.8 Å². The van der Waals surface area contributed by atoms with Gasteiger partial charge < -0.3 is 19.7 Å². The SMILES string of the molecule is CCc1cc(-c2nnn(Cc3cccc(F)c3F)c2-c2ccc3c(c2)OCCO3)c(O)cc1O. The number of halogens is 2. The second kappa shape index (κ2) is 8.66. The number of hydrogen-bond donors (Lipinski definition) is 2. The summed E-state index contributed by atoms with van der Waals surface area (Å²) in [5.74, 6) is -1.01. The molecule has 1 aliphatic heterocycles. The van der Waals surface area contributed by atoms with Gasteiger partial charge in [0.05, 0.1) is 12.2 Å². The molecule has 9 heteroatoms. The number of ether oxygens (including phenoxy) is 2. The van der Waals surface area contributed by atoms with Crippen molar-refractivity contribution in [2.75, 3.05) is 13.2 Å². The molecule has 34 heavy (non-hydrogen) atoms. The molecule has 5 rings (SSSR count). The first-order valence-corrected chi connectivity index (χ1v) is 10.8. The van der Waals surface area contributed by atoms with Crippen molar-refractivity contribution < 1.29 is 28.5 Å². The summed E-state index contributed by atoms with van der Waals surface area (Å²) in [5.41, 5.74) is 2.48. The zero-order chi connectivity index (χ0) is 23.8. The first-order chi connectivity index (χ1) is 16.5. The number of aromatic nitrogens is 3. The molecule has 0 spiro atoms. The Morgan fingerprint density at radius 2 is 1.74 bits per heavy atom. The van der Waals surface area contributed by atoms with Gasteiger partial charge in [-0.1, -0.05) is 24.3 Å². The number of aryl methyl sites for hydroxylation is 1. The van der Waals surface area contributed by atoms with Crippen LogP contribution in [-0.4, -0.2) is 38.4 Å². The molecular weight excluding hydrogens is 444 g/mol. The van der Waals surface area contributed by atoms with Crippen LogP contribution in [0.3, 0.4) is 0 Å². The van der Waals surface area contributed by atoms with Crippen LogP contribution in [0.1, 0.15) is 18.1 Å². The highest BCUT2D eigenvalue weighted by Gasteiger charge is 2.23. The quantitative estimate of drug-likeness (QED) is 0.445. The summed E-state index contributed by atoms with van der Waals surface area (Å²) < 4.78 is 41.0. The van der Waals surface area contributed by atoms with E-state index in [0.717, 1.165) is 6.07 Å². The fourth-order valence-electron chi connectivity index (χ4n) is 4.01. The summed E-state index contributed by atoms with van der Waals surface area (Å²) in [5, 5.41) is 29.2. The van der Waals surface area contributed by atoms with Gasteiger partial charge in [0.2, 0.25) is 0 Å². The number of rotatable bonds is 5. The minimum Gasteiger partial charge on any atom is -0.508 e. The van der Waals surface area contributed by atoms with E-state index in [0.29, 0.717) is 59.2 Å². The van der Waals surface area contributed by atoms with Crippen LogP contribution >= 0.6 is 0 Å². The first kappa shape index (κ1) is 21.7. The van der Waals surface area contributed by atoms with E-state index in [1.165, 1.54) is 22.9 Å². The molecule has 174 valence electrons. The van der Waals surface area contributed by atoms with E-state index >= 15 is 0 Å². The molecule has 0 aliphatic carbocycles. The van der Waals surface area contributed by atoms with Crippen LogP contribution in [0.5, 0.6) is 23.0 Å². The third-order valence-corrected chi connectivity index (χ3v) is 5.74. The van der Waals surface area contributed by atoms with E-state index in [4.69, 9.17) is 9.47 Å². The smallest absolute Gasteiger partial charge is 0.163 e. The van der Waals surface area contributed by atoms with Gasteiger partial charge in [-0.15, -0.1) is 5.10 Å². The number of hydrogen-bond acceptors (Lipinski definition) is 6. The van der Waals surface area contributed by atoms with Crippen molar-refractivity contribution in [1.82, 2.24) is 15.0 Å². The highest BCUT2D eigenvalue weighted by Crippen LogP contribution is 2.41. The Hall–Kier alpha value is -4.14. The van der Waals surface area contributed by atoms with Crippen LogP contribution in [0.2, 0.25) is 0 Å². The maximum atomic E-state index is 14.4. The highest BCUT2D eigenvalue weighted by molar-refractivity contribution is 5.83. The third-order valence-electron chi connectivity index (χ3n) is 5.74. The highest BCUT2D eigenvalue weighted by atomic mass is 19.2. The number of benzene rings is 3. The average molecular weight is 465 g/mol. The second-order valence-corrected chi connectivity index (χ2v) is 7.87. The number of phenolic OH excluding ortho intramolecular Hbond substituents is 2. The van der Waals surface area contributed by atoms with E-state index < -0.39 is 11.6 Å². The molecule has 0 atom stereocenters. The lowest BCUT2D eigenvalue weighted by molar-refractivity contribution is 0.171. The third kappa shape index (κ3) is 3.79. The zero-order valence-electron chi connectivity index (χ0n) is 18.3. The Labute approximate surface area is 193 Å². The fourth-order valence-corrected chi connectivity index (χ4v) is 4.01. The van der Waals surface area contributed by atoms with Gasteiger partial charge in [-0.05, 0) is 42.3 Å². The van der Waals surface area contributed by atoms with Crippen molar-refractivity contribution in [2.45, 2.75) is 19.9 Å². The molecule has 7 nitrogen and oxygen atoms in total. The zero-order valence-corrected chi connectivity index (χ0v) is 18.3. The summed E-state index contributed by atoms with van der Waals surface area (Å²) in [7, 11) is 0. The van der Waals surface area contributed by atoms with Crippen LogP contribution in [-0.2, 0) is 13.0 Å². The summed E-state index contributed by atoms with van der Waals surface area (Å²) in [4.78, 5) is 0. The number of phenols is 2. The van der Waals surface area contributed by atoms with Crippen LogP contribution < -0.4 is 9.47 Å². The van der Waals surface area contributed by atoms with Gasteiger partial charge in [-0.3, -0.25) is 0 Å². The number of aromatic hydroxyl groups is 2. The summed E-state index contributed by atoms with van der Waals surface area (Å²) in [6, 6.07) is 12.1. The number of nitrogens with zero attached hydrogens (tertiary/aromatic N) is 3. The maximum Gasteiger partial charge on any atom is 0.163 e. The second-order valence-electron chi connectivity index (χ2n) is 7.87. The van der Waals surface area contributed by atoms with Crippen LogP contribution in [0.25, 0.3) is 22.5 Å². The van der Waals surface area contributed by atoms with Gasteiger partial charge in [-0.25, -0.2) is 13.5 Å². The van der Waals surface area contributed by atoms with Crippen molar-refractivity contribution in [3.05, 3.63) is 71.3 Å². The lowest BCUT2D eigenvalue weighted by atomic mass is 9.99. The van der Waals surface area contributed by atoms with Gasteiger partial charge in [0.25, 0.3) is 0 Å². The lowest BCUT2D eigenvalue weighted by Gasteiger charge is -2.19. The van der Waals surface area contributed by atoms with Crippen molar-refractivity contribution in [1.29, 1.82) is 0 Å². The molecule has 0 saturated heterocycles. The van der Waals surface area contributed by atoms with E-state index in [1.54, 1.807) is 24.3 Å². The summed E-state index contributed by atoms with van der Waals surface area (Å²) in [6.45, 7) is 2.62. The van der Waals surface area contributed by atoms with Crippen molar-refractivity contribution >= 4 is 0 Å². The molecular formula is C25H21F2N3O4. The van der Waals surface area contributed by atoms with E-state index in [1.807, 2.05) is 6.92 Å². The largest absolute Gasteiger partial charge is 0.508 e. The van der Waals surface area contributed by atoms with Gasteiger partial charge >= 0.3 is 0 Å². The molecule has 0 unspecified atom stereocenters. The minimum absolute atomic E-state index is 0.0288. The summed E-state index contributed by atoms with van der Waals surface area (Å²) in [6.07, 6.45) is 0.529. The Balaban J connectivity index is 1.70. The Bertz CT molecular complexity index is 1390. The molecule has 0 saturated carbocycles. The molecule has 0 fully saturated rings. The van der Waals surface area contributed by atoms with Crippen LogP contribution in [0, 0.1) is 11.6 Å². The topological polar surface area (TPSA) is 89.6 Å². The molecule has 2 heterocycles. The van der Waals surface area contributed by atoms with Gasteiger partial charge in [0.15, 0.2) is 23.1 Å². The Morgan fingerprint density at radius 3 is 2.53 bits per heavy atom. The molecule has 0 radical (unpaired) electrons. The van der Waals surface area contributed by atoms with Crippen LogP contribution in [0.4, 0.5) is 8.78 Å². The van der Waals surface area contributed by atoms with E-state index in [9.17, 15) is 19.0 Å². The average Bonchev–Trinajstić information content (AvgIpc) is 3.25. The molecule has 2 N–H and O–H groups in total. The van der Waals surface area contributed by atoms with Crippen molar-refractivity contribution in [3.8, 4) is 45.5 Å². The molecule has 0 amide bonds. The Morgan fingerprint density at radius 1 is 0.941 bits per heavy atom. The lowest BCUT2D eigenvalue weighted by Crippen LogP contribution is -2.15.